The van der Waals surface area contributed by atoms with Crippen molar-refractivity contribution in [2.45, 2.75) is 0 Å². The molecule has 0 unspecified atom stereocenters. The fourth-order valence-electron chi connectivity index (χ4n) is 1.35. The second-order valence-corrected chi connectivity index (χ2v) is 3.47. The molecule has 1 N–H and O–H groups in total. The number of rotatable bonds is 1. The monoisotopic (exact) mass is 216 g/mol. The van der Waals surface area contributed by atoms with E-state index in [9.17, 15) is 0 Å². The highest BCUT2D eigenvalue weighted by Gasteiger charge is 2.03. The summed E-state index contributed by atoms with van der Waals surface area (Å²) in [5.41, 5.74) is 2.28. The third-order valence-corrected chi connectivity index (χ3v) is 2.45. The maximum absolute atomic E-state index is 8.74. The molecule has 2 aromatic heterocycles. The van der Waals surface area contributed by atoms with E-state index in [2.05, 4.69) is 10.1 Å². The maximum atomic E-state index is 8.74. The number of hydrogen-bond acceptors (Lipinski definition) is 3. The molecule has 0 aliphatic heterocycles. The Morgan fingerprint density at radius 2 is 2.27 bits per heavy atom. The molecule has 0 aromatic carbocycles. The van der Waals surface area contributed by atoms with Crippen LogP contribution in [0.1, 0.15) is 5.56 Å². The van der Waals surface area contributed by atoms with Crippen molar-refractivity contribution in [1.29, 1.82) is 5.26 Å². The molecule has 15 heavy (non-hydrogen) atoms. The number of nitrogens with zero attached hydrogens (tertiary/aromatic N) is 3. The van der Waals surface area contributed by atoms with Crippen LogP contribution >= 0.6 is 12.2 Å². The number of H-pyrrole nitrogens is 1. The molecule has 2 aromatic rings. The van der Waals surface area contributed by atoms with Crippen LogP contribution in [0.15, 0.2) is 24.4 Å². The van der Waals surface area contributed by atoms with E-state index in [0.29, 0.717) is 10.2 Å². The lowest BCUT2D eigenvalue weighted by atomic mass is 10.2. The van der Waals surface area contributed by atoms with Gasteiger partial charge in [-0.15, -0.1) is 0 Å². The fraction of sp³-hybridized carbons (Fsp3) is 0.100. The van der Waals surface area contributed by atoms with E-state index in [1.54, 1.807) is 16.9 Å². The molecule has 0 saturated carbocycles. The van der Waals surface area contributed by atoms with Crippen molar-refractivity contribution in [3.8, 4) is 17.5 Å². The average Bonchev–Trinajstić information content (AvgIpc) is 2.64. The lowest BCUT2D eigenvalue weighted by Gasteiger charge is -2.02. The van der Waals surface area contributed by atoms with Gasteiger partial charge in [0.2, 0.25) is 0 Å². The van der Waals surface area contributed by atoms with Crippen LogP contribution in [0.2, 0.25) is 0 Å². The molecule has 74 valence electrons. The molecule has 5 heteroatoms. The number of hydrogen-bond donors (Lipinski definition) is 1. The van der Waals surface area contributed by atoms with Crippen molar-refractivity contribution in [2.75, 3.05) is 0 Å². The SMILES string of the molecule is Cn1nccc1-c1ccc(C#N)c(=S)[nH]1. The van der Waals surface area contributed by atoms with Crippen LogP contribution in [0, 0.1) is 16.0 Å². The van der Waals surface area contributed by atoms with Gasteiger partial charge in [-0.25, -0.2) is 0 Å². The van der Waals surface area contributed by atoms with Crippen molar-refractivity contribution < 1.29 is 0 Å². The summed E-state index contributed by atoms with van der Waals surface area (Å²) in [4.78, 5) is 3.00. The Morgan fingerprint density at radius 1 is 1.47 bits per heavy atom. The Kier molecular flexibility index (Phi) is 2.35. The first kappa shape index (κ1) is 9.62. The smallest absolute Gasteiger partial charge is 0.121 e. The highest BCUT2D eigenvalue weighted by molar-refractivity contribution is 7.71. The van der Waals surface area contributed by atoms with Crippen molar-refractivity contribution in [3.63, 3.8) is 0 Å². The number of pyridine rings is 1. The highest BCUT2D eigenvalue weighted by Crippen LogP contribution is 2.15. The Labute approximate surface area is 91.8 Å². The van der Waals surface area contributed by atoms with E-state index in [1.165, 1.54) is 0 Å². The highest BCUT2D eigenvalue weighted by atomic mass is 32.1. The molecule has 0 atom stereocenters. The van der Waals surface area contributed by atoms with Crippen LogP contribution in [-0.2, 0) is 7.05 Å². The molecule has 2 heterocycles. The minimum absolute atomic E-state index is 0.455. The second-order valence-electron chi connectivity index (χ2n) is 3.07. The predicted octanol–water partition coefficient (Wildman–Crippen LogP) is 2.02. The van der Waals surface area contributed by atoms with Gasteiger partial charge in [-0.3, -0.25) is 4.68 Å². The first-order valence-corrected chi connectivity index (χ1v) is 4.75. The number of aromatic nitrogens is 3. The van der Waals surface area contributed by atoms with Gasteiger partial charge < -0.3 is 4.98 Å². The van der Waals surface area contributed by atoms with Crippen LogP contribution in [0.4, 0.5) is 0 Å². The zero-order valence-corrected chi connectivity index (χ0v) is 8.88. The Hall–Kier alpha value is -1.93. The number of aromatic amines is 1. The van der Waals surface area contributed by atoms with Gasteiger partial charge in [0.15, 0.2) is 0 Å². The lowest BCUT2D eigenvalue weighted by molar-refractivity contribution is 0.773. The van der Waals surface area contributed by atoms with Gasteiger partial charge in [0.25, 0.3) is 0 Å². The molecule has 2 rings (SSSR count). The fourth-order valence-corrected chi connectivity index (χ4v) is 1.57. The number of nitriles is 1. The standard InChI is InChI=1S/C10H8N4S/c1-14-9(4-5-12-14)8-3-2-7(6-11)10(15)13-8/h2-5H,1H3,(H,13,15). The Morgan fingerprint density at radius 3 is 2.80 bits per heavy atom. The van der Waals surface area contributed by atoms with E-state index < -0.39 is 0 Å². The van der Waals surface area contributed by atoms with Crippen LogP contribution in [0.25, 0.3) is 11.4 Å². The summed E-state index contributed by atoms with van der Waals surface area (Å²) in [6.07, 6.45) is 1.71. The number of aryl methyl sites for hydroxylation is 1. The molecule has 0 fully saturated rings. The van der Waals surface area contributed by atoms with Gasteiger partial charge in [-0.1, -0.05) is 12.2 Å². The van der Waals surface area contributed by atoms with Gasteiger partial charge in [0.05, 0.1) is 17.0 Å². The van der Waals surface area contributed by atoms with E-state index in [-0.39, 0.29) is 0 Å². The van der Waals surface area contributed by atoms with Gasteiger partial charge >= 0.3 is 0 Å². The molecule has 0 spiro atoms. The first-order valence-electron chi connectivity index (χ1n) is 4.34. The van der Waals surface area contributed by atoms with Gasteiger partial charge in [0.1, 0.15) is 10.7 Å². The second kappa shape index (κ2) is 3.67. The quantitative estimate of drug-likeness (QED) is 0.742. The van der Waals surface area contributed by atoms with E-state index in [1.807, 2.05) is 25.2 Å². The third-order valence-electron chi connectivity index (χ3n) is 2.13. The van der Waals surface area contributed by atoms with Gasteiger partial charge in [-0.05, 0) is 18.2 Å². The summed E-state index contributed by atoms with van der Waals surface area (Å²) >= 11 is 5.05. The topological polar surface area (TPSA) is 57.4 Å². The molecular weight excluding hydrogens is 208 g/mol. The molecule has 0 aliphatic carbocycles. The largest absolute Gasteiger partial charge is 0.344 e. The Balaban J connectivity index is 2.58. The molecule has 0 saturated heterocycles. The van der Waals surface area contributed by atoms with Gasteiger partial charge in [0, 0.05) is 13.2 Å². The van der Waals surface area contributed by atoms with Crippen LogP contribution in [0.3, 0.4) is 0 Å². The summed E-state index contributed by atoms with van der Waals surface area (Å²) < 4.78 is 2.20. The predicted molar refractivity (Wildman–Crippen MR) is 58.5 cm³/mol. The zero-order valence-electron chi connectivity index (χ0n) is 8.06. The summed E-state index contributed by atoms with van der Waals surface area (Å²) in [6, 6.07) is 7.44. The van der Waals surface area contributed by atoms with Crippen molar-refractivity contribution in [3.05, 3.63) is 34.6 Å². The summed E-state index contributed by atoms with van der Waals surface area (Å²) in [7, 11) is 1.85. The van der Waals surface area contributed by atoms with E-state index in [4.69, 9.17) is 17.5 Å². The molecule has 0 amide bonds. The van der Waals surface area contributed by atoms with E-state index in [0.717, 1.165) is 11.4 Å². The normalized spacial score (nSPS) is 9.87. The third kappa shape index (κ3) is 1.67. The average molecular weight is 216 g/mol. The lowest BCUT2D eigenvalue weighted by Crippen LogP contribution is -1.95. The summed E-state index contributed by atoms with van der Waals surface area (Å²) in [5, 5.41) is 12.8. The van der Waals surface area contributed by atoms with Crippen LogP contribution in [-0.4, -0.2) is 14.8 Å². The summed E-state index contributed by atoms with van der Waals surface area (Å²) in [5.74, 6) is 0. The maximum Gasteiger partial charge on any atom is 0.121 e. The van der Waals surface area contributed by atoms with E-state index >= 15 is 0 Å². The van der Waals surface area contributed by atoms with Crippen molar-refractivity contribution >= 4 is 12.2 Å². The molecule has 0 aliphatic rings. The zero-order chi connectivity index (χ0) is 10.8. The molecular formula is C10H8N4S. The molecule has 4 nitrogen and oxygen atoms in total. The molecule has 0 radical (unpaired) electrons. The summed E-state index contributed by atoms with van der Waals surface area (Å²) in [6.45, 7) is 0. The minimum atomic E-state index is 0.455. The van der Waals surface area contributed by atoms with Crippen LogP contribution < -0.4 is 0 Å². The first-order chi connectivity index (χ1) is 7.22. The number of nitrogens with one attached hydrogen (secondary N) is 1. The van der Waals surface area contributed by atoms with Crippen LogP contribution in [0.5, 0.6) is 0 Å². The molecule has 0 bridgehead atoms. The Bertz CT molecular complexity index is 588. The minimum Gasteiger partial charge on any atom is -0.344 e. The van der Waals surface area contributed by atoms with Crippen molar-refractivity contribution in [1.82, 2.24) is 14.8 Å². The van der Waals surface area contributed by atoms with Crippen molar-refractivity contribution in [2.24, 2.45) is 7.05 Å². The van der Waals surface area contributed by atoms with Gasteiger partial charge in [-0.2, -0.15) is 10.4 Å².